The maximum absolute atomic E-state index is 7.85. The highest BCUT2D eigenvalue weighted by atomic mass is 16.5. The van der Waals surface area contributed by atoms with E-state index in [0.29, 0.717) is 0 Å². The van der Waals surface area contributed by atoms with E-state index in [1.807, 2.05) is 0 Å². The molecule has 0 amide bonds. The minimum Gasteiger partial charge on any atom is -0.362 e. The van der Waals surface area contributed by atoms with Crippen LogP contribution in [-0.2, 0) is 6.42 Å². The Balaban J connectivity index is 2.39. The third-order valence-corrected chi connectivity index (χ3v) is 2.00. The van der Waals surface area contributed by atoms with Crippen LogP contribution in [0.1, 0.15) is 25.4 Å². The minimum atomic E-state index is -0.394. The molecule has 4 nitrogen and oxygen atoms in total. The van der Waals surface area contributed by atoms with Crippen LogP contribution in [-0.4, -0.2) is 5.27 Å². The summed E-state index contributed by atoms with van der Waals surface area (Å²) in [5, 5.41) is 3.70. The first-order chi connectivity index (χ1) is 9.32. The maximum Gasteiger partial charge on any atom is 0.293 e. The Hall–Kier alpha value is -1.84. The molecule has 78 valence electrons. The third kappa shape index (κ3) is 2.34. The van der Waals surface area contributed by atoms with E-state index >= 15 is 0 Å². The van der Waals surface area contributed by atoms with Gasteiger partial charge in [-0.25, -0.2) is 0 Å². The molecule has 2 rings (SSSR count). The van der Waals surface area contributed by atoms with Gasteiger partial charge < -0.3 is 5.73 Å². The van der Waals surface area contributed by atoms with E-state index < -0.39 is 6.04 Å². The fraction of sp³-hybridized carbons (Fsp3) is 0.273. The topological polar surface area (TPSA) is 55.9 Å². The Labute approximate surface area is 95.3 Å². The lowest BCUT2D eigenvalue weighted by atomic mass is 10.1. The van der Waals surface area contributed by atoms with Gasteiger partial charge in [-0.3, -0.25) is 4.52 Å². The van der Waals surface area contributed by atoms with E-state index in [1.165, 1.54) is 10.9 Å². The van der Waals surface area contributed by atoms with Gasteiger partial charge in [-0.2, -0.15) is 0 Å². The summed E-state index contributed by atoms with van der Waals surface area (Å²) in [6, 6.07) is -1.70. The molecule has 0 fully saturated rings. The van der Waals surface area contributed by atoms with Crippen LogP contribution in [0.15, 0.2) is 40.9 Å². The van der Waals surface area contributed by atoms with E-state index in [4.69, 9.17) is 17.1 Å². The van der Waals surface area contributed by atoms with Crippen LogP contribution in [0, 0.1) is 0 Å². The Morgan fingerprint density at radius 2 is 2.27 bits per heavy atom. The predicted octanol–water partition coefficient (Wildman–Crippen LogP) is 1.35. The molecule has 1 aromatic carbocycles. The van der Waals surface area contributed by atoms with Gasteiger partial charge in [-0.05, 0) is 10.2 Å². The second kappa shape index (κ2) is 4.13. The van der Waals surface area contributed by atoms with Crippen molar-refractivity contribution in [3.8, 4) is 0 Å². The molecule has 0 saturated carbocycles. The van der Waals surface area contributed by atoms with Crippen molar-refractivity contribution in [3.63, 3.8) is 0 Å². The predicted molar refractivity (Wildman–Crippen MR) is 56.0 cm³/mol. The Kier molecular flexibility index (Phi) is 1.46. The summed E-state index contributed by atoms with van der Waals surface area (Å²) in [5.41, 5.74) is 5.68. The smallest absolute Gasteiger partial charge is 0.293 e. The number of benzene rings is 1. The zero-order chi connectivity index (χ0) is 15.0. The molecule has 0 aliphatic heterocycles. The fourth-order valence-electron chi connectivity index (χ4n) is 1.25. The van der Waals surface area contributed by atoms with Crippen molar-refractivity contribution < 1.29 is 16.1 Å². The zero-order valence-corrected chi connectivity index (χ0v) is 8.24. The van der Waals surface area contributed by atoms with Crippen LogP contribution in [0.2, 0.25) is 0 Å². The van der Waals surface area contributed by atoms with Gasteiger partial charge in [-0.15, -0.1) is 0 Å². The SMILES string of the molecule is [2H]c1c([2H])c([2H])c(CC(C)[n+]2cc(N)on2)c([2H])c1[2H]. The van der Waals surface area contributed by atoms with Crippen molar-refractivity contribution in [3.05, 3.63) is 42.0 Å². The van der Waals surface area contributed by atoms with E-state index in [-0.39, 0.29) is 48.1 Å². The molecule has 2 aromatic rings. The summed E-state index contributed by atoms with van der Waals surface area (Å²) in [7, 11) is 0. The minimum absolute atomic E-state index is 0.151. The lowest BCUT2D eigenvalue weighted by Gasteiger charge is -2.01. The van der Waals surface area contributed by atoms with Gasteiger partial charge >= 0.3 is 0 Å². The normalized spacial score (nSPS) is 17.3. The molecular weight excluding hydrogens is 190 g/mol. The summed E-state index contributed by atoms with van der Waals surface area (Å²) >= 11 is 0. The van der Waals surface area contributed by atoms with Gasteiger partial charge in [0.25, 0.3) is 12.1 Å². The molecule has 4 heteroatoms. The van der Waals surface area contributed by atoms with Crippen LogP contribution in [0.3, 0.4) is 0 Å². The summed E-state index contributed by atoms with van der Waals surface area (Å²) < 4.78 is 44.7. The first-order valence-corrected chi connectivity index (χ1v) is 4.52. The van der Waals surface area contributed by atoms with Crippen molar-refractivity contribution in [2.75, 3.05) is 5.73 Å². The number of hydrogen-bond donors (Lipinski definition) is 1. The highest BCUT2D eigenvalue weighted by molar-refractivity contribution is 5.15. The molecule has 1 unspecified atom stereocenters. The Morgan fingerprint density at radius 3 is 2.87 bits per heavy atom. The van der Waals surface area contributed by atoms with Crippen molar-refractivity contribution in [2.45, 2.75) is 19.4 Å². The average molecular weight is 209 g/mol. The highest BCUT2D eigenvalue weighted by Crippen LogP contribution is 2.08. The number of nitrogens with two attached hydrogens (primary N) is 1. The average Bonchev–Trinajstić information content (AvgIpc) is 2.85. The quantitative estimate of drug-likeness (QED) is 0.776. The molecule has 1 aromatic heterocycles. The van der Waals surface area contributed by atoms with Gasteiger partial charge in [0, 0.05) is 13.3 Å². The number of aromatic nitrogens is 2. The molecule has 0 bridgehead atoms. The fourth-order valence-corrected chi connectivity index (χ4v) is 1.25. The second-order valence-electron chi connectivity index (χ2n) is 3.24. The lowest BCUT2D eigenvalue weighted by molar-refractivity contribution is -0.782. The molecule has 0 aliphatic carbocycles. The molecule has 0 saturated heterocycles. The van der Waals surface area contributed by atoms with Crippen molar-refractivity contribution in [2.24, 2.45) is 0 Å². The van der Waals surface area contributed by atoms with Crippen molar-refractivity contribution in [1.82, 2.24) is 5.27 Å². The molecule has 0 radical (unpaired) electrons. The summed E-state index contributed by atoms with van der Waals surface area (Å²) in [6.45, 7) is 1.79. The van der Waals surface area contributed by atoms with E-state index in [1.54, 1.807) is 6.92 Å². The summed E-state index contributed by atoms with van der Waals surface area (Å²) in [4.78, 5) is 0. The number of nitrogens with zero attached hydrogens (tertiary/aromatic N) is 2. The van der Waals surface area contributed by atoms with E-state index in [0.717, 1.165) is 0 Å². The number of nitrogen functional groups attached to an aromatic ring is 1. The van der Waals surface area contributed by atoms with E-state index in [9.17, 15) is 0 Å². The molecule has 1 atom stereocenters. The molecule has 0 aliphatic rings. The molecule has 1 heterocycles. The van der Waals surface area contributed by atoms with Gasteiger partial charge in [0.05, 0.1) is 6.85 Å². The molecular formula is C11H14N3O+. The zero-order valence-electron chi connectivity index (χ0n) is 13.2. The monoisotopic (exact) mass is 209 g/mol. The van der Waals surface area contributed by atoms with Gasteiger partial charge in [-0.1, -0.05) is 30.2 Å². The molecule has 15 heavy (non-hydrogen) atoms. The first-order valence-electron chi connectivity index (χ1n) is 7.02. The third-order valence-electron chi connectivity index (χ3n) is 2.00. The standard InChI is InChI=1S/C11H14N3O/c1-9(14-8-11(12)15-13-14)7-10-5-3-2-4-6-10/h2-6,8-9H,7,12H2,1H3/q+1/i2D,3D,4D,5D,6D. The summed E-state index contributed by atoms with van der Waals surface area (Å²) in [5.74, 6) is 0.151. The van der Waals surface area contributed by atoms with Crippen LogP contribution in [0.4, 0.5) is 5.88 Å². The van der Waals surface area contributed by atoms with Crippen molar-refractivity contribution in [1.29, 1.82) is 0 Å². The van der Waals surface area contributed by atoms with Crippen LogP contribution in [0.25, 0.3) is 0 Å². The van der Waals surface area contributed by atoms with E-state index in [2.05, 4.69) is 5.27 Å². The maximum atomic E-state index is 7.85. The number of rotatable bonds is 3. The van der Waals surface area contributed by atoms with Gasteiger partial charge in [0.15, 0.2) is 6.04 Å². The highest BCUT2D eigenvalue weighted by Gasteiger charge is 2.18. The second-order valence-corrected chi connectivity index (χ2v) is 3.24. The lowest BCUT2D eigenvalue weighted by Crippen LogP contribution is -2.40. The van der Waals surface area contributed by atoms with Crippen LogP contribution < -0.4 is 10.4 Å². The number of hydrogen-bond acceptors (Lipinski definition) is 3. The van der Waals surface area contributed by atoms with Gasteiger partial charge in [0.2, 0.25) is 5.27 Å². The molecule has 2 N–H and O–H groups in total. The Bertz CT molecular complexity index is 629. The summed E-state index contributed by atoms with van der Waals surface area (Å²) in [6.07, 6.45) is 1.71. The van der Waals surface area contributed by atoms with Crippen LogP contribution in [0.5, 0.6) is 0 Å². The first kappa shape index (κ1) is 5.30. The Morgan fingerprint density at radius 1 is 1.53 bits per heavy atom. The molecule has 0 spiro atoms. The largest absolute Gasteiger partial charge is 0.362 e. The number of anilines is 1. The van der Waals surface area contributed by atoms with Gasteiger partial charge in [0.1, 0.15) is 0 Å². The van der Waals surface area contributed by atoms with Crippen LogP contribution >= 0.6 is 0 Å². The van der Waals surface area contributed by atoms with Crippen molar-refractivity contribution >= 4 is 5.88 Å².